The fourth-order valence-corrected chi connectivity index (χ4v) is 1.59. The van der Waals surface area contributed by atoms with Crippen LogP contribution in [0.25, 0.3) is 11.1 Å². The first-order valence-corrected chi connectivity index (χ1v) is 4.93. The molecule has 0 aliphatic heterocycles. The lowest BCUT2D eigenvalue weighted by Gasteiger charge is -2.07. The standard InChI is InChI=1S/C13H10F2O2/c1-17-11-2-3-12(13(16)7-11)8-4-9(14)6-10(15)5-8/h2-7,16H,1H3. The Balaban J connectivity index is 2.52. The minimum Gasteiger partial charge on any atom is -0.507 e. The molecule has 1 N–H and O–H groups in total. The van der Waals surface area contributed by atoms with Gasteiger partial charge in [-0.2, -0.15) is 0 Å². The van der Waals surface area contributed by atoms with Crippen molar-refractivity contribution in [2.24, 2.45) is 0 Å². The van der Waals surface area contributed by atoms with Gasteiger partial charge in [0.15, 0.2) is 0 Å². The first-order chi connectivity index (χ1) is 8.10. The number of methoxy groups -OCH3 is 1. The van der Waals surface area contributed by atoms with E-state index in [-0.39, 0.29) is 11.3 Å². The van der Waals surface area contributed by atoms with Crippen molar-refractivity contribution in [2.45, 2.75) is 0 Å². The van der Waals surface area contributed by atoms with E-state index in [1.54, 1.807) is 12.1 Å². The number of ether oxygens (including phenoxy) is 1. The van der Waals surface area contributed by atoms with Gasteiger partial charge in [0.05, 0.1) is 7.11 Å². The average Bonchev–Trinajstić information content (AvgIpc) is 2.27. The van der Waals surface area contributed by atoms with Crippen LogP contribution >= 0.6 is 0 Å². The highest BCUT2D eigenvalue weighted by Crippen LogP contribution is 2.32. The Labute approximate surface area is 97.1 Å². The van der Waals surface area contributed by atoms with Crippen LogP contribution in [0, 0.1) is 11.6 Å². The van der Waals surface area contributed by atoms with E-state index >= 15 is 0 Å². The van der Waals surface area contributed by atoms with Crippen LogP contribution in [0.4, 0.5) is 8.78 Å². The highest BCUT2D eigenvalue weighted by molar-refractivity contribution is 5.71. The average molecular weight is 236 g/mol. The van der Waals surface area contributed by atoms with Crippen molar-refractivity contribution in [2.75, 3.05) is 7.11 Å². The third-order valence-corrected chi connectivity index (χ3v) is 2.38. The number of hydrogen-bond acceptors (Lipinski definition) is 2. The third kappa shape index (κ3) is 2.36. The van der Waals surface area contributed by atoms with Crippen LogP contribution in [0.15, 0.2) is 36.4 Å². The molecule has 0 aliphatic rings. The molecule has 0 fully saturated rings. The summed E-state index contributed by atoms with van der Waals surface area (Å²) in [5.74, 6) is -0.983. The summed E-state index contributed by atoms with van der Waals surface area (Å²) in [6, 6.07) is 7.64. The van der Waals surface area contributed by atoms with E-state index in [0.717, 1.165) is 18.2 Å². The predicted octanol–water partition coefficient (Wildman–Crippen LogP) is 3.35. The van der Waals surface area contributed by atoms with Gasteiger partial charge in [-0.3, -0.25) is 0 Å². The molecule has 0 saturated heterocycles. The molecule has 0 amide bonds. The van der Waals surface area contributed by atoms with Crippen molar-refractivity contribution in [1.29, 1.82) is 0 Å². The molecule has 0 radical (unpaired) electrons. The van der Waals surface area contributed by atoms with E-state index in [0.29, 0.717) is 11.3 Å². The molecule has 0 bridgehead atoms. The van der Waals surface area contributed by atoms with Gasteiger partial charge in [-0.15, -0.1) is 0 Å². The van der Waals surface area contributed by atoms with Gasteiger partial charge in [-0.05, 0) is 29.8 Å². The lowest BCUT2D eigenvalue weighted by molar-refractivity contribution is 0.408. The molecule has 0 aromatic heterocycles. The Hall–Kier alpha value is -2.10. The number of rotatable bonds is 2. The van der Waals surface area contributed by atoms with Crippen LogP contribution in [0.1, 0.15) is 0 Å². The smallest absolute Gasteiger partial charge is 0.127 e. The number of halogens is 2. The maximum atomic E-state index is 13.0. The van der Waals surface area contributed by atoms with Crippen LogP contribution in [-0.4, -0.2) is 12.2 Å². The predicted molar refractivity (Wildman–Crippen MR) is 60.0 cm³/mol. The minimum atomic E-state index is -0.685. The van der Waals surface area contributed by atoms with Crippen LogP contribution in [0.2, 0.25) is 0 Å². The second-order valence-corrected chi connectivity index (χ2v) is 3.54. The molecular weight excluding hydrogens is 226 g/mol. The van der Waals surface area contributed by atoms with Crippen molar-refractivity contribution in [3.63, 3.8) is 0 Å². The van der Waals surface area contributed by atoms with E-state index < -0.39 is 11.6 Å². The first kappa shape index (κ1) is 11.4. The van der Waals surface area contributed by atoms with Crippen LogP contribution < -0.4 is 4.74 Å². The van der Waals surface area contributed by atoms with E-state index in [4.69, 9.17) is 4.74 Å². The van der Waals surface area contributed by atoms with Crippen LogP contribution in [0.3, 0.4) is 0 Å². The van der Waals surface area contributed by atoms with Gasteiger partial charge in [0, 0.05) is 17.7 Å². The van der Waals surface area contributed by atoms with Gasteiger partial charge in [-0.25, -0.2) is 8.78 Å². The Morgan fingerprint density at radius 2 is 1.65 bits per heavy atom. The highest BCUT2D eigenvalue weighted by atomic mass is 19.1. The first-order valence-electron chi connectivity index (χ1n) is 4.93. The van der Waals surface area contributed by atoms with Crippen molar-refractivity contribution in [1.82, 2.24) is 0 Å². The molecule has 2 rings (SSSR count). The summed E-state index contributed by atoms with van der Waals surface area (Å²) in [6.07, 6.45) is 0. The maximum Gasteiger partial charge on any atom is 0.127 e. The zero-order valence-electron chi connectivity index (χ0n) is 9.08. The Morgan fingerprint density at radius 1 is 1.00 bits per heavy atom. The molecule has 17 heavy (non-hydrogen) atoms. The quantitative estimate of drug-likeness (QED) is 0.866. The van der Waals surface area contributed by atoms with Crippen molar-refractivity contribution in [3.8, 4) is 22.6 Å². The summed E-state index contributed by atoms with van der Waals surface area (Å²) >= 11 is 0. The summed E-state index contributed by atoms with van der Waals surface area (Å²) in [5, 5.41) is 9.73. The Morgan fingerprint density at radius 3 is 2.18 bits per heavy atom. The van der Waals surface area contributed by atoms with Gasteiger partial charge in [0.25, 0.3) is 0 Å². The molecule has 0 aliphatic carbocycles. The molecule has 0 atom stereocenters. The summed E-state index contributed by atoms with van der Waals surface area (Å²) in [6.45, 7) is 0. The summed E-state index contributed by atoms with van der Waals surface area (Å²) in [4.78, 5) is 0. The zero-order valence-corrected chi connectivity index (χ0v) is 9.08. The minimum absolute atomic E-state index is 0.0886. The van der Waals surface area contributed by atoms with Gasteiger partial charge in [-0.1, -0.05) is 0 Å². The van der Waals surface area contributed by atoms with Gasteiger partial charge in [0.1, 0.15) is 23.1 Å². The van der Waals surface area contributed by atoms with E-state index in [2.05, 4.69) is 0 Å². The fourth-order valence-electron chi connectivity index (χ4n) is 1.59. The SMILES string of the molecule is COc1ccc(-c2cc(F)cc(F)c2)c(O)c1. The van der Waals surface area contributed by atoms with Gasteiger partial charge < -0.3 is 9.84 Å². The molecule has 0 heterocycles. The lowest BCUT2D eigenvalue weighted by atomic mass is 10.0. The molecule has 4 heteroatoms. The van der Waals surface area contributed by atoms with E-state index in [1.807, 2.05) is 0 Å². The molecule has 0 unspecified atom stereocenters. The maximum absolute atomic E-state index is 13.0. The number of phenolic OH excluding ortho intramolecular Hbond substituents is 1. The second-order valence-electron chi connectivity index (χ2n) is 3.54. The number of hydrogen-bond donors (Lipinski definition) is 1. The number of phenols is 1. The zero-order chi connectivity index (χ0) is 12.4. The molecular formula is C13H10F2O2. The van der Waals surface area contributed by atoms with Crippen molar-refractivity contribution in [3.05, 3.63) is 48.0 Å². The molecule has 2 nitrogen and oxygen atoms in total. The van der Waals surface area contributed by atoms with E-state index in [9.17, 15) is 13.9 Å². The Bertz CT molecular complexity index is 533. The lowest BCUT2D eigenvalue weighted by Crippen LogP contribution is -1.87. The highest BCUT2D eigenvalue weighted by Gasteiger charge is 2.08. The van der Waals surface area contributed by atoms with Gasteiger partial charge >= 0.3 is 0 Å². The summed E-state index contributed by atoms with van der Waals surface area (Å²) in [5.41, 5.74) is 0.631. The monoisotopic (exact) mass is 236 g/mol. The molecule has 0 spiro atoms. The molecule has 2 aromatic carbocycles. The van der Waals surface area contributed by atoms with Gasteiger partial charge in [0.2, 0.25) is 0 Å². The molecule has 88 valence electrons. The summed E-state index contributed by atoms with van der Waals surface area (Å²) in [7, 11) is 1.47. The fraction of sp³-hybridized carbons (Fsp3) is 0.0769. The normalized spacial score (nSPS) is 10.3. The molecule has 2 aromatic rings. The summed E-state index contributed by atoms with van der Waals surface area (Å²) < 4.78 is 31.0. The number of aromatic hydroxyl groups is 1. The Kier molecular flexibility index (Phi) is 2.95. The van der Waals surface area contributed by atoms with Crippen molar-refractivity contribution < 1.29 is 18.6 Å². The second kappa shape index (κ2) is 4.41. The van der Waals surface area contributed by atoms with E-state index in [1.165, 1.54) is 13.2 Å². The van der Waals surface area contributed by atoms with Crippen LogP contribution in [-0.2, 0) is 0 Å². The third-order valence-electron chi connectivity index (χ3n) is 2.38. The molecule has 0 saturated carbocycles. The van der Waals surface area contributed by atoms with Crippen LogP contribution in [0.5, 0.6) is 11.5 Å². The number of benzene rings is 2. The van der Waals surface area contributed by atoms with Crippen molar-refractivity contribution >= 4 is 0 Å². The largest absolute Gasteiger partial charge is 0.507 e. The topological polar surface area (TPSA) is 29.5 Å².